The van der Waals surface area contributed by atoms with Gasteiger partial charge in [0.25, 0.3) is 0 Å². The number of benzene rings is 1. The molecular weight excluding hydrogens is 339 g/mol. The summed E-state index contributed by atoms with van der Waals surface area (Å²) in [5, 5.41) is 0. The van der Waals surface area contributed by atoms with Crippen LogP contribution in [0.3, 0.4) is 0 Å². The van der Waals surface area contributed by atoms with Gasteiger partial charge in [0.15, 0.2) is 0 Å². The molecule has 0 aliphatic rings. The number of aromatic nitrogens is 1. The first-order chi connectivity index (χ1) is 10.4. The van der Waals surface area contributed by atoms with Gasteiger partial charge in [-0.05, 0) is 0 Å². The quantitative estimate of drug-likeness (QED) is 0.535. The molecule has 0 atom stereocenters. The number of hydrogen-bond donors (Lipinski definition) is 0. The second-order valence-electron chi connectivity index (χ2n) is 8.92. The molecule has 0 unspecified atom stereocenters. The number of hydrogen-bond acceptors (Lipinski definition) is 0. The van der Waals surface area contributed by atoms with E-state index in [2.05, 4.69) is 94.0 Å². The third-order valence-electron chi connectivity index (χ3n) is 4.55. The molecule has 0 fully saturated rings. The van der Waals surface area contributed by atoms with E-state index in [1.807, 2.05) is 0 Å². The van der Waals surface area contributed by atoms with Crippen molar-refractivity contribution in [2.75, 3.05) is 0 Å². The van der Waals surface area contributed by atoms with Crippen molar-refractivity contribution in [1.82, 2.24) is 0 Å². The normalized spacial score (nSPS) is 12.6. The molecule has 23 heavy (non-hydrogen) atoms. The summed E-state index contributed by atoms with van der Waals surface area (Å²) >= 11 is -1.92. The molecule has 124 valence electrons. The van der Waals surface area contributed by atoms with Gasteiger partial charge >= 0.3 is 145 Å². The van der Waals surface area contributed by atoms with E-state index in [0.29, 0.717) is 0 Å². The predicted molar refractivity (Wildman–Crippen MR) is 104 cm³/mol. The third kappa shape index (κ3) is 3.88. The maximum absolute atomic E-state index is 2.49. The van der Waals surface area contributed by atoms with Gasteiger partial charge in [0, 0.05) is 0 Å². The number of pyridine rings is 1. The van der Waals surface area contributed by atoms with Crippen molar-refractivity contribution >= 4 is 17.7 Å². The minimum atomic E-state index is -1.92. The van der Waals surface area contributed by atoms with Crippen LogP contribution in [0, 0.1) is 13.8 Å². The van der Waals surface area contributed by atoms with Gasteiger partial charge in [-0.1, -0.05) is 0 Å². The summed E-state index contributed by atoms with van der Waals surface area (Å²) in [4.78, 5) is 0. The van der Waals surface area contributed by atoms with Gasteiger partial charge in [-0.15, -0.1) is 0 Å². The van der Waals surface area contributed by atoms with E-state index in [1.165, 1.54) is 27.9 Å². The fourth-order valence-corrected chi connectivity index (χ4v) is 7.09. The average Bonchev–Trinajstić information content (AvgIpc) is 2.36. The zero-order valence-corrected chi connectivity index (χ0v) is 18.4. The van der Waals surface area contributed by atoms with Crippen LogP contribution in [0.15, 0.2) is 30.5 Å². The van der Waals surface area contributed by atoms with Crippen LogP contribution in [-0.2, 0) is 12.5 Å². The molecule has 0 aliphatic heterocycles. The molecule has 0 bridgehead atoms. The van der Waals surface area contributed by atoms with Crippen LogP contribution in [0.5, 0.6) is 0 Å². The van der Waals surface area contributed by atoms with Gasteiger partial charge in [-0.3, -0.25) is 0 Å². The molecule has 0 amide bonds. The van der Waals surface area contributed by atoms with Gasteiger partial charge in [0.2, 0.25) is 0 Å². The number of rotatable bonds is 2. The molecule has 1 aromatic carbocycles. The second-order valence-corrected chi connectivity index (χ2v) is 19.5. The fraction of sp³-hybridized carbons (Fsp3) is 0.476. The third-order valence-corrected chi connectivity index (χ3v) is 8.77. The monoisotopic (exact) mass is 372 g/mol. The Morgan fingerprint density at radius 1 is 0.957 bits per heavy atom. The predicted octanol–water partition coefficient (Wildman–Crippen LogP) is 4.64. The molecule has 2 heteroatoms. The van der Waals surface area contributed by atoms with E-state index < -0.39 is 13.3 Å². The molecule has 0 aliphatic carbocycles. The van der Waals surface area contributed by atoms with Crippen molar-refractivity contribution in [3.8, 4) is 11.3 Å². The van der Waals surface area contributed by atoms with Crippen LogP contribution in [-0.4, -0.2) is 13.3 Å². The van der Waals surface area contributed by atoms with Crippen LogP contribution >= 0.6 is 0 Å². The van der Waals surface area contributed by atoms with Crippen molar-refractivity contribution in [3.05, 3.63) is 47.2 Å². The molecule has 0 spiro atoms. The first-order valence-corrected chi connectivity index (χ1v) is 15.9. The zero-order chi connectivity index (χ0) is 17.6. The van der Waals surface area contributed by atoms with Crippen molar-refractivity contribution in [1.29, 1.82) is 0 Å². The van der Waals surface area contributed by atoms with Crippen LogP contribution in [0.1, 0.15) is 37.5 Å². The van der Waals surface area contributed by atoms with Crippen molar-refractivity contribution in [3.63, 3.8) is 0 Å². The van der Waals surface area contributed by atoms with E-state index in [9.17, 15) is 0 Å². The van der Waals surface area contributed by atoms with Gasteiger partial charge in [0.1, 0.15) is 0 Å². The molecule has 1 aromatic heterocycles. The van der Waals surface area contributed by atoms with Crippen LogP contribution in [0.4, 0.5) is 0 Å². The van der Waals surface area contributed by atoms with E-state index in [0.717, 1.165) is 0 Å². The van der Waals surface area contributed by atoms with Gasteiger partial charge in [0.05, 0.1) is 0 Å². The Kier molecular flexibility index (Phi) is 4.83. The maximum atomic E-state index is 2.49. The van der Waals surface area contributed by atoms with Gasteiger partial charge < -0.3 is 0 Å². The molecule has 0 saturated carbocycles. The summed E-state index contributed by atoms with van der Waals surface area (Å²) in [6.07, 6.45) is 2.41. The summed E-state index contributed by atoms with van der Waals surface area (Å²) in [6.45, 7) is 11.4. The summed E-state index contributed by atoms with van der Waals surface area (Å²) in [5.41, 5.74) is 7.05. The van der Waals surface area contributed by atoms with E-state index in [4.69, 9.17) is 0 Å². The Morgan fingerprint density at radius 2 is 1.57 bits per heavy atom. The molecule has 1 nitrogen and oxygen atoms in total. The number of aryl methyl sites for hydroxylation is 3. The summed E-state index contributed by atoms with van der Waals surface area (Å²) < 4.78 is 3.95. The van der Waals surface area contributed by atoms with Crippen LogP contribution in [0.2, 0.25) is 17.3 Å². The zero-order valence-electron chi connectivity index (χ0n) is 16.3. The Labute approximate surface area is 145 Å². The van der Waals surface area contributed by atoms with E-state index in [-0.39, 0.29) is 5.41 Å². The standard InChI is InChI=1S/C21H32GeN/c1-15-10-11-17(16(2)12-15)20-13-18(21(3,4)5)19(14-23(20)9)22(6,7)8/h10-14H,1-9H3/q+1. The van der Waals surface area contributed by atoms with E-state index in [1.54, 1.807) is 4.40 Å². The molecule has 0 radical (unpaired) electrons. The summed E-state index contributed by atoms with van der Waals surface area (Å²) in [6, 6.07) is 9.21. The van der Waals surface area contributed by atoms with Crippen molar-refractivity contribution in [2.24, 2.45) is 7.05 Å². The Balaban J connectivity index is 2.77. The molecule has 2 rings (SSSR count). The first kappa shape index (κ1) is 18.3. The molecular formula is C21H32GeN+. The minimum absolute atomic E-state index is 0.176. The van der Waals surface area contributed by atoms with Gasteiger partial charge in [-0.25, -0.2) is 0 Å². The Bertz CT molecular complexity index is 731. The topological polar surface area (TPSA) is 3.88 Å². The molecule has 0 N–H and O–H groups in total. The van der Waals surface area contributed by atoms with Crippen LogP contribution < -0.4 is 8.96 Å². The summed E-state index contributed by atoms with van der Waals surface area (Å²) in [5.74, 6) is 7.46. The Morgan fingerprint density at radius 3 is 2.04 bits per heavy atom. The number of nitrogens with zero attached hydrogens (tertiary/aromatic N) is 1. The first-order valence-electron chi connectivity index (χ1n) is 8.53. The second kappa shape index (κ2) is 6.09. The molecule has 1 heterocycles. The van der Waals surface area contributed by atoms with E-state index >= 15 is 0 Å². The van der Waals surface area contributed by atoms with Gasteiger partial charge in [-0.2, -0.15) is 0 Å². The average molecular weight is 371 g/mol. The fourth-order valence-electron chi connectivity index (χ4n) is 3.24. The Hall–Kier alpha value is -1.09. The SMILES string of the molecule is Cc1ccc(-c2cc(C(C)(C)C)[c]([Ge]([CH3])([CH3])[CH3])c[n+]2C)c(C)c1. The molecule has 0 saturated heterocycles. The van der Waals surface area contributed by atoms with Crippen LogP contribution in [0.25, 0.3) is 11.3 Å². The van der Waals surface area contributed by atoms with Crippen molar-refractivity contribution < 1.29 is 4.57 Å². The summed E-state index contributed by atoms with van der Waals surface area (Å²) in [7, 11) is 2.19. The van der Waals surface area contributed by atoms with Crippen molar-refractivity contribution in [2.45, 2.75) is 57.3 Å². The molecule has 2 aromatic rings.